The normalized spacial score (nSPS) is 11.4. The second kappa shape index (κ2) is 22.5. The molecule has 0 rings (SSSR count). The monoisotopic (exact) mass is 395 g/mol. The lowest BCUT2D eigenvalue weighted by molar-refractivity contribution is -0.131. The van der Waals surface area contributed by atoms with Crippen molar-refractivity contribution in [2.24, 2.45) is 0 Å². The first-order chi connectivity index (χ1) is 13.8. The molecule has 0 spiro atoms. The van der Waals surface area contributed by atoms with Crippen molar-refractivity contribution in [1.82, 2.24) is 4.90 Å². The number of amides is 1. The van der Waals surface area contributed by atoms with E-state index in [4.69, 9.17) is 4.74 Å². The smallest absolute Gasteiger partial charge is 0.222 e. The highest BCUT2D eigenvalue weighted by Gasteiger charge is 2.10. The number of hydrogen-bond donors (Lipinski definition) is 0. The molecule has 0 unspecified atom stereocenters. The quantitative estimate of drug-likeness (QED) is 0.151. The first-order valence-electron chi connectivity index (χ1n) is 12.3. The van der Waals surface area contributed by atoms with Crippen molar-refractivity contribution in [2.75, 3.05) is 26.3 Å². The van der Waals surface area contributed by atoms with Crippen LogP contribution in [-0.2, 0) is 9.53 Å². The van der Waals surface area contributed by atoms with Crippen LogP contribution in [0.25, 0.3) is 0 Å². The van der Waals surface area contributed by atoms with Crippen LogP contribution in [0.2, 0.25) is 0 Å². The number of ether oxygens (including phenoxy) is 1. The molecule has 28 heavy (non-hydrogen) atoms. The lowest BCUT2D eigenvalue weighted by atomic mass is 10.1. The first kappa shape index (κ1) is 27.2. The van der Waals surface area contributed by atoms with Gasteiger partial charge in [0.2, 0.25) is 5.91 Å². The summed E-state index contributed by atoms with van der Waals surface area (Å²) >= 11 is 0. The Kier molecular flexibility index (Phi) is 21.8. The summed E-state index contributed by atoms with van der Waals surface area (Å²) < 4.78 is 5.36. The van der Waals surface area contributed by atoms with Crippen LogP contribution in [0.5, 0.6) is 0 Å². The van der Waals surface area contributed by atoms with E-state index in [9.17, 15) is 4.79 Å². The van der Waals surface area contributed by atoms with Gasteiger partial charge in [-0.3, -0.25) is 4.79 Å². The Balaban J connectivity index is 3.43. The molecule has 0 fully saturated rings. The van der Waals surface area contributed by atoms with Crippen LogP contribution in [0.15, 0.2) is 12.2 Å². The Morgan fingerprint density at radius 1 is 0.750 bits per heavy atom. The second-order valence-corrected chi connectivity index (χ2v) is 7.86. The number of carbonyl (C=O) groups is 1. The van der Waals surface area contributed by atoms with Crippen molar-refractivity contribution in [3.05, 3.63) is 12.2 Å². The lowest BCUT2D eigenvalue weighted by Crippen LogP contribution is -2.32. The van der Waals surface area contributed by atoms with E-state index < -0.39 is 0 Å². The van der Waals surface area contributed by atoms with E-state index in [-0.39, 0.29) is 0 Å². The Morgan fingerprint density at radius 2 is 1.32 bits per heavy atom. The van der Waals surface area contributed by atoms with Gasteiger partial charge in [0.05, 0.1) is 0 Å². The molecule has 0 N–H and O–H groups in total. The third-order valence-electron chi connectivity index (χ3n) is 5.31. The van der Waals surface area contributed by atoms with Gasteiger partial charge in [0, 0.05) is 32.7 Å². The lowest BCUT2D eigenvalue weighted by Gasteiger charge is -2.20. The van der Waals surface area contributed by atoms with E-state index in [0.29, 0.717) is 12.3 Å². The Morgan fingerprint density at radius 3 is 1.89 bits per heavy atom. The molecule has 0 aliphatic carbocycles. The summed E-state index contributed by atoms with van der Waals surface area (Å²) in [6.07, 6.45) is 23.3. The zero-order valence-electron chi connectivity index (χ0n) is 19.4. The van der Waals surface area contributed by atoms with Gasteiger partial charge < -0.3 is 9.64 Å². The molecular formula is C25H49NO2. The van der Waals surface area contributed by atoms with Crippen LogP contribution < -0.4 is 0 Å². The van der Waals surface area contributed by atoms with Gasteiger partial charge in [-0.15, -0.1) is 0 Å². The highest BCUT2D eigenvalue weighted by atomic mass is 16.5. The highest BCUT2D eigenvalue weighted by Crippen LogP contribution is 2.11. The average Bonchev–Trinajstić information content (AvgIpc) is 2.70. The van der Waals surface area contributed by atoms with Crippen LogP contribution in [-0.4, -0.2) is 37.1 Å². The fourth-order valence-electron chi connectivity index (χ4n) is 3.47. The summed E-state index contributed by atoms with van der Waals surface area (Å²) in [6.45, 7) is 9.52. The summed E-state index contributed by atoms with van der Waals surface area (Å²) in [4.78, 5) is 14.2. The molecule has 3 nitrogen and oxygen atoms in total. The van der Waals surface area contributed by atoms with E-state index in [0.717, 1.165) is 39.1 Å². The van der Waals surface area contributed by atoms with E-state index >= 15 is 0 Å². The number of rotatable bonds is 21. The predicted molar refractivity (Wildman–Crippen MR) is 123 cm³/mol. The molecular weight excluding hydrogens is 346 g/mol. The molecule has 3 heteroatoms. The maximum Gasteiger partial charge on any atom is 0.222 e. The molecule has 0 bridgehead atoms. The van der Waals surface area contributed by atoms with Crippen molar-refractivity contribution < 1.29 is 9.53 Å². The largest absolute Gasteiger partial charge is 0.382 e. The van der Waals surface area contributed by atoms with Crippen molar-refractivity contribution in [3.63, 3.8) is 0 Å². The van der Waals surface area contributed by atoms with Crippen LogP contribution >= 0.6 is 0 Å². The molecule has 0 aliphatic heterocycles. The minimum Gasteiger partial charge on any atom is -0.382 e. The summed E-state index contributed by atoms with van der Waals surface area (Å²) in [6, 6.07) is 0. The Bertz CT molecular complexity index is 354. The van der Waals surface area contributed by atoms with Crippen LogP contribution in [0, 0.1) is 0 Å². The minimum atomic E-state index is 0.316. The van der Waals surface area contributed by atoms with E-state index in [2.05, 4.69) is 26.0 Å². The molecule has 1 amide bonds. The maximum atomic E-state index is 12.2. The standard InChI is InChI=1S/C25H49NO2/c1-4-7-8-9-10-11-12-13-14-15-16-17-18-19-20-22-25(27)26(5-2)23-21-24-28-6-3/h13-14H,4-12,15-24H2,1-3H3. The number of hydrogen-bond acceptors (Lipinski definition) is 2. The second-order valence-electron chi connectivity index (χ2n) is 7.86. The van der Waals surface area contributed by atoms with Crippen molar-refractivity contribution >= 4 is 5.91 Å². The van der Waals surface area contributed by atoms with Crippen LogP contribution in [0.4, 0.5) is 0 Å². The van der Waals surface area contributed by atoms with E-state index in [1.807, 2.05) is 11.8 Å². The molecule has 0 saturated carbocycles. The Hall–Kier alpha value is -0.830. The summed E-state index contributed by atoms with van der Waals surface area (Å²) in [5.41, 5.74) is 0. The van der Waals surface area contributed by atoms with Gasteiger partial charge in [-0.25, -0.2) is 0 Å². The first-order valence-corrected chi connectivity index (χ1v) is 12.3. The molecule has 0 aromatic heterocycles. The van der Waals surface area contributed by atoms with E-state index in [1.54, 1.807) is 0 Å². The van der Waals surface area contributed by atoms with Gasteiger partial charge in [-0.05, 0) is 52.4 Å². The minimum absolute atomic E-state index is 0.316. The third kappa shape index (κ3) is 18.5. The zero-order valence-corrected chi connectivity index (χ0v) is 19.4. The van der Waals surface area contributed by atoms with Gasteiger partial charge in [0.1, 0.15) is 0 Å². The van der Waals surface area contributed by atoms with Crippen LogP contribution in [0.3, 0.4) is 0 Å². The highest BCUT2D eigenvalue weighted by molar-refractivity contribution is 5.76. The molecule has 166 valence electrons. The molecule has 0 aromatic carbocycles. The molecule has 0 atom stereocenters. The summed E-state index contributed by atoms with van der Waals surface area (Å²) in [5.74, 6) is 0.316. The number of allylic oxidation sites excluding steroid dienone is 2. The molecule has 0 heterocycles. The van der Waals surface area contributed by atoms with Gasteiger partial charge in [-0.1, -0.05) is 70.4 Å². The fourth-order valence-corrected chi connectivity index (χ4v) is 3.47. The summed E-state index contributed by atoms with van der Waals surface area (Å²) in [5, 5.41) is 0. The SMILES string of the molecule is CCCCCCCCC=CCCCCCCCC(=O)N(CC)CCCOCC. The maximum absolute atomic E-state index is 12.2. The zero-order chi connectivity index (χ0) is 20.7. The number of carbonyl (C=O) groups excluding carboxylic acids is 1. The van der Waals surface area contributed by atoms with Crippen LogP contribution in [0.1, 0.15) is 117 Å². The molecule has 0 saturated heterocycles. The molecule has 0 radical (unpaired) electrons. The Labute approximate surface area is 176 Å². The van der Waals surface area contributed by atoms with E-state index in [1.165, 1.54) is 77.0 Å². The molecule has 0 aliphatic rings. The number of nitrogens with zero attached hydrogens (tertiary/aromatic N) is 1. The molecule has 0 aromatic rings. The van der Waals surface area contributed by atoms with Gasteiger partial charge in [-0.2, -0.15) is 0 Å². The fraction of sp³-hybridized carbons (Fsp3) is 0.880. The van der Waals surface area contributed by atoms with Gasteiger partial charge in [0.25, 0.3) is 0 Å². The van der Waals surface area contributed by atoms with Crippen molar-refractivity contribution in [1.29, 1.82) is 0 Å². The van der Waals surface area contributed by atoms with Crippen molar-refractivity contribution in [3.8, 4) is 0 Å². The third-order valence-corrected chi connectivity index (χ3v) is 5.31. The summed E-state index contributed by atoms with van der Waals surface area (Å²) in [7, 11) is 0. The van der Waals surface area contributed by atoms with Gasteiger partial charge in [0.15, 0.2) is 0 Å². The average molecular weight is 396 g/mol. The topological polar surface area (TPSA) is 29.5 Å². The predicted octanol–water partition coefficient (Wildman–Crippen LogP) is 7.30. The van der Waals surface area contributed by atoms with Gasteiger partial charge >= 0.3 is 0 Å². The number of unbranched alkanes of at least 4 members (excludes halogenated alkanes) is 11. The van der Waals surface area contributed by atoms with Crippen molar-refractivity contribution in [2.45, 2.75) is 117 Å².